The molecule has 3 N–H and O–H groups in total. The van der Waals surface area contributed by atoms with Gasteiger partial charge in [-0.3, -0.25) is 0 Å². The lowest BCUT2D eigenvalue weighted by molar-refractivity contribution is 0.282. The van der Waals surface area contributed by atoms with Gasteiger partial charge < -0.3 is 15.3 Å². The van der Waals surface area contributed by atoms with Crippen LogP contribution in [0.25, 0.3) is 0 Å². The van der Waals surface area contributed by atoms with E-state index >= 15 is 0 Å². The standard InChI is InChI=1S/C18H36.C16H34.C14H30.C10H22O.C8H18O.C6H14O/c1-3-5-7-9-11-13-15-17-18-16-14-12-10-8-6-4-2;1-3-5-7-9-11-13-15-16-14-12-10-8-6-4-2;1-3-5-7-9-11-13-14-12-10-8-6-4-2;1-2-3-4-5-6-7-8-9-10-11;1-2-3-4-5-6-7-8-9;1-2-3-4-5-6-7/h17-18H,3-16H2,1-2H3;3-16H2,1-2H3;3-14H2,1-2H3;11H,2-10H2,1H3;9H,2-8H2,1H3;7H,2-6H2,1H3/b18-17-;;;;;. The fraction of sp³-hybridized carbons (Fsp3) is 0.972. The minimum absolute atomic E-state index is 0.361. The van der Waals surface area contributed by atoms with Crippen LogP contribution in [0.3, 0.4) is 0 Å². The molecule has 0 radical (unpaired) electrons. The van der Waals surface area contributed by atoms with E-state index in [1.54, 1.807) is 0 Å². The Bertz CT molecular complexity index is 750. The summed E-state index contributed by atoms with van der Waals surface area (Å²) in [5.41, 5.74) is 0. The number of hydrogen-bond acceptors (Lipinski definition) is 3. The van der Waals surface area contributed by atoms with Crippen LogP contribution < -0.4 is 0 Å². The first kappa shape index (κ1) is 85.9. The predicted octanol–water partition coefficient (Wildman–Crippen LogP) is 26.3. The van der Waals surface area contributed by atoms with E-state index in [9.17, 15) is 0 Å². The first-order valence-corrected chi connectivity index (χ1v) is 35.5. The van der Waals surface area contributed by atoms with Gasteiger partial charge in [-0.1, -0.05) is 402 Å². The fourth-order valence-corrected chi connectivity index (χ4v) is 9.18. The van der Waals surface area contributed by atoms with Crippen molar-refractivity contribution in [3.05, 3.63) is 12.2 Å². The first-order valence-electron chi connectivity index (χ1n) is 35.5. The number of unbranched alkanes of at least 4 members (excludes halogenated alkanes) is 51. The van der Waals surface area contributed by atoms with Gasteiger partial charge in [0, 0.05) is 19.8 Å². The van der Waals surface area contributed by atoms with Crippen molar-refractivity contribution in [3.63, 3.8) is 0 Å². The van der Waals surface area contributed by atoms with E-state index in [1.165, 1.54) is 353 Å². The van der Waals surface area contributed by atoms with Crippen LogP contribution >= 0.6 is 0 Å². The van der Waals surface area contributed by atoms with Crippen LogP contribution in [0.2, 0.25) is 0 Å². The van der Waals surface area contributed by atoms with Crippen LogP contribution in [0.5, 0.6) is 0 Å². The molecule has 460 valence electrons. The van der Waals surface area contributed by atoms with Gasteiger partial charge in [-0.05, 0) is 44.9 Å². The van der Waals surface area contributed by atoms with Gasteiger partial charge in [-0.25, -0.2) is 0 Å². The third-order valence-corrected chi connectivity index (χ3v) is 14.6. The van der Waals surface area contributed by atoms with Crippen LogP contribution in [-0.2, 0) is 0 Å². The van der Waals surface area contributed by atoms with Crippen LogP contribution in [-0.4, -0.2) is 35.1 Å². The van der Waals surface area contributed by atoms with Gasteiger partial charge in [0.15, 0.2) is 0 Å². The maximum absolute atomic E-state index is 8.51. The molecule has 0 aliphatic carbocycles. The van der Waals surface area contributed by atoms with Crippen molar-refractivity contribution in [1.82, 2.24) is 0 Å². The van der Waals surface area contributed by atoms with E-state index in [2.05, 4.69) is 74.5 Å². The second-order valence-corrected chi connectivity index (χ2v) is 22.8. The Morgan fingerprint density at radius 2 is 0.253 bits per heavy atom. The highest BCUT2D eigenvalue weighted by Gasteiger charge is 1.95. The van der Waals surface area contributed by atoms with Crippen LogP contribution in [0.1, 0.15) is 435 Å². The summed E-state index contributed by atoms with van der Waals surface area (Å²) in [6.07, 6.45) is 84.8. The molecule has 0 saturated heterocycles. The number of aliphatic hydroxyl groups excluding tert-OH is 3. The molecular weight excluding hydrogens is 913 g/mol. The topological polar surface area (TPSA) is 60.7 Å². The summed E-state index contributed by atoms with van der Waals surface area (Å²) in [6, 6.07) is 0. The molecule has 0 aromatic carbocycles. The lowest BCUT2D eigenvalue weighted by atomic mass is 10.0. The number of rotatable bonds is 56. The molecule has 0 heterocycles. The van der Waals surface area contributed by atoms with Crippen molar-refractivity contribution in [1.29, 1.82) is 0 Å². The van der Waals surface area contributed by atoms with Crippen molar-refractivity contribution < 1.29 is 15.3 Å². The summed E-state index contributed by atoms with van der Waals surface area (Å²) < 4.78 is 0. The van der Waals surface area contributed by atoms with Gasteiger partial charge in [0.25, 0.3) is 0 Å². The van der Waals surface area contributed by atoms with E-state index in [4.69, 9.17) is 15.3 Å². The van der Waals surface area contributed by atoms with Gasteiger partial charge in [-0.2, -0.15) is 0 Å². The van der Waals surface area contributed by atoms with E-state index in [-0.39, 0.29) is 0 Å². The summed E-state index contributed by atoms with van der Waals surface area (Å²) in [7, 11) is 0. The number of aliphatic hydroxyl groups is 3. The van der Waals surface area contributed by atoms with E-state index in [0.717, 1.165) is 19.3 Å². The molecule has 0 rings (SSSR count). The van der Waals surface area contributed by atoms with Gasteiger partial charge in [0.1, 0.15) is 0 Å². The molecule has 0 aromatic heterocycles. The third-order valence-electron chi connectivity index (χ3n) is 14.6. The molecule has 75 heavy (non-hydrogen) atoms. The average molecular weight is 1070 g/mol. The van der Waals surface area contributed by atoms with E-state index in [1.807, 2.05) is 0 Å². The SMILES string of the molecule is CCCCCCCC/C=C\CCCCCCCC.CCCCCCCCCCCCCC.CCCCCCCCCCCCCCCC.CCCCCCCCCCO.CCCCCCCCO.CCCCCCO. The Kier molecular flexibility index (Phi) is 113. The monoisotopic (exact) mass is 1070 g/mol. The summed E-state index contributed by atoms with van der Waals surface area (Å²) in [5, 5.41) is 25.2. The van der Waals surface area contributed by atoms with Crippen molar-refractivity contribution in [2.75, 3.05) is 19.8 Å². The summed E-state index contributed by atoms with van der Waals surface area (Å²) in [6.45, 7) is 21.4. The van der Waals surface area contributed by atoms with Gasteiger partial charge in [0.05, 0.1) is 0 Å². The predicted molar refractivity (Wildman–Crippen MR) is 349 cm³/mol. The second kappa shape index (κ2) is 99.0. The molecule has 3 nitrogen and oxygen atoms in total. The van der Waals surface area contributed by atoms with Crippen LogP contribution in [0, 0.1) is 0 Å². The molecule has 0 amide bonds. The average Bonchev–Trinajstić information content (AvgIpc) is 3.42. The van der Waals surface area contributed by atoms with Gasteiger partial charge >= 0.3 is 0 Å². The Hall–Kier alpha value is -0.380. The fourth-order valence-electron chi connectivity index (χ4n) is 9.18. The minimum atomic E-state index is 0.361. The van der Waals surface area contributed by atoms with Gasteiger partial charge in [-0.15, -0.1) is 0 Å². The third kappa shape index (κ3) is 118. The number of hydrogen-bond donors (Lipinski definition) is 3. The summed E-state index contributed by atoms with van der Waals surface area (Å²) in [4.78, 5) is 0. The molecular formula is C72H154O3. The number of allylic oxidation sites excluding steroid dienone is 2. The Morgan fingerprint density at radius 1 is 0.147 bits per heavy atom. The second-order valence-electron chi connectivity index (χ2n) is 22.8. The molecule has 3 heteroatoms. The lowest BCUT2D eigenvalue weighted by Gasteiger charge is -2.02. The van der Waals surface area contributed by atoms with Crippen LogP contribution in [0.15, 0.2) is 12.2 Å². The van der Waals surface area contributed by atoms with E-state index < -0.39 is 0 Å². The highest BCUT2D eigenvalue weighted by atomic mass is 16.3. The zero-order valence-corrected chi connectivity index (χ0v) is 54.6. The molecule has 0 saturated carbocycles. The Balaban J connectivity index is -0.000000195. The molecule has 0 aromatic rings. The van der Waals surface area contributed by atoms with Crippen LogP contribution in [0.4, 0.5) is 0 Å². The molecule has 0 fully saturated rings. The smallest absolute Gasteiger partial charge is 0.0431 e. The van der Waals surface area contributed by atoms with Crippen molar-refractivity contribution in [2.24, 2.45) is 0 Å². The quantitative estimate of drug-likeness (QED) is 0.0420. The van der Waals surface area contributed by atoms with E-state index in [0.29, 0.717) is 19.8 Å². The zero-order valence-electron chi connectivity index (χ0n) is 54.6. The molecule has 0 aliphatic rings. The Morgan fingerprint density at radius 3 is 0.387 bits per heavy atom. The molecule has 0 aliphatic heterocycles. The minimum Gasteiger partial charge on any atom is -0.396 e. The maximum Gasteiger partial charge on any atom is 0.0431 e. The Labute approximate surface area is 479 Å². The highest BCUT2D eigenvalue weighted by Crippen LogP contribution is 2.15. The largest absolute Gasteiger partial charge is 0.396 e. The summed E-state index contributed by atoms with van der Waals surface area (Å²) in [5.74, 6) is 0. The molecule has 0 unspecified atom stereocenters. The highest BCUT2D eigenvalue weighted by molar-refractivity contribution is 4.81. The zero-order chi connectivity index (χ0) is 56.5. The van der Waals surface area contributed by atoms with Gasteiger partial charge in [0.2, 0.25) is 0 Å². The molecule has 0 atom stereocenters. The maximum atomic E-state index is 8.51. The summed E-state index contributed by atoms with van der Waals surface area (Å²) >= 11 is 0. The molecule has 0 spiro atoms. The van der Waals surface area contributed by atoms with Crippen molar-refractivity contribution in [3.8, 4) is 0 Å². The van der Waals surface area contributed by atoms with Crippen molar-refractivity contribution >= 4 is 0 Å². The molecule has 0 bridgehead atoms. The van der Waals surface area contributed by atoms with Crippen molar-refractivity contribution in [2.45, 2.75) is 435 Å². The normalized spacial score (nSPS) is 10.7. The first-order chi connectivity index (χ1) is 37.0. The lowest BCUT2D eigenvalue weighted by Crippen LogP contribution is -1.83.